The lowest BCUT2D eigenvalue weighted by molar-refractivity contribution is 0.340. The van der Waals surface area contributed by atoms with Gasteiger partial charge in [-0.3, -0.25) is 4.98 Å². The van der Waals surface area contributed by atoms with E-state index in [1.807, 2.05) is 6.92 Å². The van der Waals surface area contributed by atoms with Gasteiger partial charge in [0.1, 0.15) is 5.75 Å². The molecule has 1 aromatic carbocycles. The van der Waals surface area contributed by atoms with Gasteiger partial charge in [-0.1, -0.05) is 0 Å². The summed E-state index contributed by atoms with van der Waals surface area (Å²) in [5, 5.41) is 0. The van der Waals surface area contributed by atoms with Crippen molar-refractivity contribution < 1.29 is 9.15 Å². The van der Waals surface area contributed by atoms with Crippen molar-refractivity contribution in [3.05, 3.63) is 28.7 Å². The standard InChI is InChI=1S/C9H9NO3/c1-2-12-6-3-4-8-7(5-6)10-9(11)13-8/h3-5H,2H2,1H3,(H,10,11). The van der Waals surface area contributed by atoms with Crippen LogP contribution in [0, 0.1) is 0 Å². The number of aromatic amines is 1. The number of benzene rings is 1. The van der Waals surface area contributed by atoms with E-state index in [1.54, 1.807) is 18.2 Å². The zero-order valence-corrected chi connectivity index (χ0v) is 7.16. The zero-order valence-electron chi connectivity index (χ0n) is 7.16. The number of nitrogens with one attached hydrogen (secondary N) is 1. The largest absolute Gasteiger partial charge is 0.494 e. The van der Waals surface area contributed by atoms with Crippen LogP contribution in [0.15, 0.2) is 27.4 Å². The van der Waals surface area contributed by atoms with Crippen molar-refractivity contribution in [3.8, 4) is 5.75 Å². The van der Waals surface area contributed by atoms with Crippen LogP contribution in [-0.2, 0) is 0 Å². The minimum absolute atomic E-state index is 0.441. The minimum Gasteiger partial charge on any atom is -0.494 e. The molecule has 0 bridgehead atoms. The van der Waals surface area contributed by atoms with Gasteiger partial charge in [0.2, 0.25) is 0 Å². The molecule has 68 valence electrons. The molecule has 0 radical (unpaired) electrons. The average Bonchev–Trinajstić information content (AvgIpc) is 2.44. The fraction of sp³-hybridized carbons (Fsp3) is 0.222. The summed E-state index contributed by atoms with van der Waals surface area (Å²) >= 11 is 0. The quantitative estimate of drug-likeness (QED) is 0.760. The lowest BCUT2D eigenvalue weighted by Gasteiger charge is -2.00. The highest BCUT2D eigenvalue weighted by Crippen LogP contribution is 2.17. The normalized spacial score (nSPS) is 10.5. The molecule has 0 atom stereocenters. The molecule has 2 aromatic rings. The van der Waals surface area contributed by atoms with Crippen LogP contribution >= 0.6 is 0 Å². The van der Waals surface area contributed by atoms with Crippen LogP contribution in [0.4, 0.5) is 0 Å². The Kier molecular flexibility index (Phi) is 1.81. The van der Waals surface area contributed by atoms with E-state index in [4.69, 9.17) is 9.15 Å². The second-order valence-corrected chi connectivity index (χ2v) is 2.61. The Bertz CT molecular complexity index is 469. The Labute approximate surface area is 74.1 Å². The molecule has 0 spiro atoms. The third-order valence-corrected chi connectivity index (χ3v) is 1.70. The molecule has 1 heterocycles. The van der Waals surface area contributed by atoms with Crippen molar-refractivity contribution in [2.24, 2.45) is 0 Å². The summed E-state index contributed by atoms with van der Waals surface area (Å²) in [4.78, 5) is 13.4. The van der Waals surface area contributed by atoms with Gasteiger partial charge in [0.15, 0.2) is 5.58 Å². The summed E-state index contributed by atoms with van der Waals surface area (Å²) in [6, 6.07) is 5.21. The maximum Gasteiger partial charge on any atom is 0.417 e. The highest BCUT2D eigenvalue weighted by molar-refractivity contribution is 5.73. The van der Waals surface area contributed by atoms with Crippen molar-refractivity contribution in [1.29, 1.82) is 0 Å². The Morgan fingerprint density at radius 2 is 2.38 bits per heavy atom. The van der Waals surface area contributed by atoms with Gasteiger partial charge in [-0.15, -0.1) is 0 Å². The molecule has 1 aromatic heterocycles. The third-order valence-electron chi connectivity index (χ3n) is 1.70. The van der Waals surface area contributed by atoms with Crippen molar-refractivity contribution in [3.63, 3.8) is 0 Å². The molecular weight excluding hydrogens is 170 g/mol. The molecule has 2 rings (SSSR count). The fourth-order valence-corrected chi connectivity index (χ4v) is 1.19. The summed E-state index contributed by atoms with van der Waals surface area (Å²) in [5.74, 6) is 0.288. The summed E-state index contributed by atoms with van der Waals surface area (Å²) in [6.45, 7) is 2.51. The van der Waals surface area contributed by atoms with Gasteiger partial charge >= 0.3 is 5.76 Å². The van der Waals surface area contributed by atoms with Crippen LogP contribution in [-0.4, -0.2) is 11.6 Å². The van der Waals surface area contributed by atoms with E-state index in [9.17, 15) is 4.79 Å². The molecule has 0 aliphatic carbocycles. The molecule has 0 aliphatic rings. The monoisotopic (exact) mass is 179 g/mol. The summed E-state index contributed by atoms with van der Waals surface area (Å²) in [5.41, 5.74) is 1.21. The van der Waals surface area contributed by atoms with Gasteiger partial charge in [-0.2, -0.15) is 0 Å². The van der Waals surface area contributed by atoms with Gasteiger partial charge in [-0.25, -0.2) is 4.79 Å². The first-order valence-corrected chi connectivity index (χ1v) is 4.05. The van der Waals surface area contributed by atoms with E-state index in [2.05, 4.69) is 4.98 Å². The molecule has 0 unspecified atom stereocenters. The van der Waals surface area contributed by atoms with Crippen LogP contribution in [0.3, 0.4) is 0 Å². The molecule has 4 nitrogen and oxygen atoms in total. The van der Waals surface area contributed by atoms with Crippen LogP contribution in [0.25, 0.3) is 11.1 Å². The molecule has 1 N–H and O–H groups in total. The number of hydrogen-bond donors (Lipinski definition) is 1. The molecule has 0 fully saturated rings. The number of ether oxygens (including phenoxy) is 1. The number of H-pyrrole nitrogens is 1. The molecule has 4 heteroatoms. The Morgan fingerprint density at radius 1 is 1.54 bits per heavy atom. The molecule has 0 saturated heterocycles. The van der Waals surface area contributed by atoms with Crippen molar-refractivity contribution in [2.45, 2.75) is 6.92 Å². The lowest BCUT2D eigenvalue weighted by atomic mass is 10.3. The first kappa shape index (κ1) is 7.91. The molecule has 13 heavy (non-hydrogen) atoms. The highest BCUT2D eigenvalue weighted by Gasteiger charge is 2.01. The van der Waals surface area contributed by atoms with E-state index >= 15 is 0 Å². The number of rotatable bonds is 2. The average molecular weight is 179 g/mol. The van der Waals surface area contributed by atoms with E-state index in [-0.39, 0.29) is 0 Å². The van der Waals surface area contributed by atoms with Crippen molar-refractivity contribution in [2.75, 3.05) is 6.61 Å². The SMILES string of the molecule is CCOc1ccc2oc(=O)[nH]c2c1. The molecule has 0 aliphatic heterocycles. The highest BCUT2D eigenvalue weighted by atomic mass is 16.5. The summed E-state index contributed by atoms with van der Waals surface area (Å²) < 4.78 is 10.1. The minimum atomic E-state index is -0.441. The topological polar surface area (TPSA) is 55.2 Å². The first-order chi connectivity index (χ1) is 6.29. The van der Waals surface area contributed by atoms with Gasteiger partial charge in [0, 0.05) is 6.07 Å². The Morgan fingerprint density at radius 3 is 3.15 bits per heavy atom. The number of fused-ring (bicyclic) bond motifs is 1. The van der Waals surface area contributed by atoms with Crippen LogP contribution < -0.4 is 10.5 Å². The Hall–Kier alpha value is -1.71. The van der Waals surface area contributed by atoms with E-state index in [0.717, 1.165) is 5.75 Å². The second-order valence-electron chi connectivity index (χ2n) is 2.61. The smallest absolute Gasteiger partial charge is 0.417 e. The number of aromatic nitrogens is 1. The molecular formula is C9H9NO3. The predicted molar refractivity (Wildman–Crippen MR) is 48.0 cm³/mol. The second kappa shape index (κ2) is 2.97. The number of oxazole rings is 1. The Balaban J connectivity index is 2.54. The van der Waals surface area contributed by atoms with E-state index < -0.39 is 5.76 Å². The predicted octanol–water partition coefficient (Wildman–Crippen LogP) is 1.52. The van der Waals surface area contributed by atoms with Gasteiger partial charge in [-0.05, 0) is 19.1 Å². The van der Waals surface area contributed by atoms with Crippen molar-refractivity contribution in [1.82, 2.24) is 4.98 Å². The van der Waals surface area contributed by atoms with E-state index in [1.165, 1.54) is 0 Å². The lowest BCUT2D eigenvalue weighted by Crippen LogP contribution is -1.93. The maximum atomic E-state index is 10.8. The maximum absolute atomic E-state index is 10.8. The summed E-state index contributed by atoms with van der Waals surface area (Å²) in [6.07, 6.45) is 0. The first-order valence-electron chi connectivity index (χ1n) is 4.05. The van der Waals surface area contributed by atoms with Gasteiger partial charge in [0.05, 0.1) is 12.1 Å². The fourth-order valence-electron chi connectivity index (χ4n) is 1.19. The number of hydrogen-bond acceptors (Lipinski definition) is 3. The summed E-state index contributed by atoms with van der Waals surface area (Å²) in [7, 11) is 0. The van der Waals surface area contributed by atoms with E-state index in [0.29, 0.717) is 17.7 Å². The van der Waals surface area contributed by atoms with Crippen LogP contribution in [0.5, 0.6) is 5.75 Å². The zero-order chi connectivity index (χ0) is 9.26. The molecule has 0 amide bonds. The molecule has 0 saturated carbocycles. The van der Waals surface area contributed by atoms with Gasteiger partial charge in [0.25, 0.3) is 0 Å². The van der Waals surface area contributed by atoms with Crippen LogP contribution in [0.2, 0.25) is 0 Å². The van der Waals surface area contributed by atoms with Gasteiger partial charge < -0.3 is 9.15 Å². The van der Waals surface area contributed by atoms with Crippen LogP contribution in [0.1, 0.15) is 6.92 Å². The third kappa shape index (κ3) is 1.42. The van der Waals surface area contributed by atoms with Crippen molar-refractivity contribution >= 4 is 11.1 Å².